The third-order valence-corrected chi connectivity index (χ3v) is 12.6. The molecule has 0 unspecified atom stereocenters. The average Bonchev–Trinajstić information content (AvgIpc) is 3.09. The van der Waals surface area contributed by atoms with Gasteiger partial charge in [-0.1, -0.05) is 26.8 Å². The van der Waals surface area contributed by atoms with E-state index in [1.165, 1.54) is 19.6 Å². The van der Waals surface area contributed by atoms with E-state index in [1.807, 2.05) is 18.2 Å². The van der Waals surface area contributed by atoms with Crippen LogP contribution in [0, 0.1) is 29.0 Å². The number of nitrogens with one attached hydrogen (secondary N) is 2. The second kappa shape index (κ2) is 14.5. The van der Waals surface area contributed by atoms with Crippen molar-refractivity contribution in [1.82, 2.24) is 34.9 Å². The largest absolute Gasteiger partial charge is 0.497 e. The zero-order valence-corrected chi connectivity index (χ0v) is 31.6. The fraction of sp³-hybridized carbons (Fsp3) is 0.625. The normalized spacial score (nSPS) is 28.5. The molecule has 0 radical (unpaired) electrons. The molecule has 6 atom stereocenters. The molecule has 2 aromatic carbocycles. The Bertz CT molecular complexity index is 1810. The van der Waals surface area contributed by atoms with Crippen LogP contribution in [0.15, 0.2) is 46.2 Å². The summed E-state index contributed by atoms with van der Waals surface area (Å²) in [6, 6.07) is 11.7. The van der Waals surface area contributed by atoms with Crippen molar-refractivity contribution in [3.63, 3.8) is 0 Å². The maximum atomic E-state index is 14.9. The minimum Gasteiger partial charge on any atom is -0.497 e. The summed E-state index contributed by atoms with van der Waals surface area (Å²) in [5.74, 6) is 3.79. The number of halogens is 1. The Kier molecular flexibility index (Phi) is 10.2. The van der Waals surface area contributed by atoms with Gasteiger partial charge in [0.1, 0.15) is 17.4 Å². The van der Waals surface area contributed by atoms with Gasteiger partial charge in [0.25, 0.3) is 5.56 Å². The Labute approximate surface area is 302 Å². The van der Waals surface area contributed by atoms with E-state index in [-0.39, 0.29) is 11.4 Å². The first-order valence-corrected chi connectivity index (χ1v) is 19.0. The fourth-order valence-corrected chi connectivity index (χ4v) is 9.29. The number of rotatable bonds is 8. The Morgan fingerprint density at radius 1 is 1.06 bits per heavy atom. The van der Waals surface area contributed by atoms with Crippen LogP contribution >= 0.6 is 0 Å². The summed E-state index contributed by atoms with van der Waals surface area (Å²) in [5, 5.41) is 8.17. The molecule has 3 saturated carbocycles. The molecule has 0 amide bonds. The maximum Gasteiger partial charge on any atom is 0.261 e. The van der Waals surface area contributed by atoms with E-state index in [0.717, 1.165) is 69.2 Å². The van der Waals surface area contributed by atoms with Gasteiger partial charge in [0.05, 0.1) is 30.2 Å². The van der Waals surface area contributed by atoms with E-state index < -0.39 is 0 Å². The molecule has 2 saturated heterocycles. The molecule has 1 aromatic heterocycles. The van der Waals surface area contributed by atoms with E-state index >= 15 is 0 Å². The number of nitrogens with zero attached hydrogens (tertiary/aromatic N) is 6. The van der Waals surface area contributed by atoms with Gasteiger partial charge in [0.2, 0.25) is 0 Å². The number of hydrogen-bond acceptors (Lipinski definition) is 7. The minimum absolute atomic E-state index is 0.102. The third-order valence-electron chi connectivity index (χ3n) is 12.6. The molecule has 5 aliphatic rings. The van der Waals surface area contributed by atoms with Gasteiger partial charge in [-0.05, 0) is 93.2 Å². The van der Waals surface area contributed by atoms with Crippen molar-refractivity contribution in [3.8, 4) is 5.75 Å². The number of aromatic nitrogens is 2. The number of benzene rings is 2. The van der Waals surface area contributed by atoms with E-state index in [9.17, 15) is 9.18 Å². The van der Waals surface area contributed by atoms with Gasteiger partial charge in [-0.3, -0.25) is 14.3 Å². The standard InChI is InChI=1S/C40H57FN8O2/c1-25-22-48(23-26(2)42-25)39(45-35-19-29-18-33(27(35)3)40(29,4)5)43-30-9-11-32-36(20-30)44-37(24-47-16-14-46(6)15-17-47)49(38(32)50)13-12-28-8-10-31(51-7)21-34(28)41/h8-11,20-21,25-27,29,33,35,42H,12-19,22-24H2,1-7H3,(H,43,45)/t25-,26+,27-,29+,33+,35+/m1/s1. The molecular weight excluding hydrogens is 643 g/mol. The molecule has 276 valence electrons. The fourth-order valence-electron chi connectivity index (χ4n) is 9.29. The molecule has 2 aliphatic heterocycles. The summed E-state index contributed by atoms with van der Waals surface area (Å²) in [7, 11) is 3.66. The summed E-state index contributed by atoms with van der Waals surface area (Å²) in [6.45, 7) is 18.1. The van der Waals surface area contributed by atoms with Crippen LogP contribution in [-0.2, 0) is 19.5 Å². The monoisotopic (exact) mass is 700 g/mol. The minimum atomic E-state index is -0.333. The van der Waals surface area contributed by atoms with Crippen LogP contribution in [0.4, 0.5) is 10.1 Å². The van der Waals surface area contributed by atoms with E-state index in [0.29, 0.717) is 77.0 Å². The molecule has 8 rings (SSSR count). The number of aliphatic imine (C=N–C) groups is 1. The zero-order valence-electron chi connectivity index (χ0n) is 31.6. The van der Waals surface area contributed by atoms with Crippen LogP contribution in [0.2, 0.25) is 0 Å². The summed E-state index contributed by atoms with van der Waals surface area (Å²) in [6.07, 6.45) is 2.87. The van der Waals surface area contributed by atoms with Crippen molar-refractivity contribution in [2.45, 2.75) is 85.1 Å². The number of hydrogen-bond donors (Lipinski definition) is 2. The van der Waals surface area contributed by atoms with Crippen molar-refractivity contribution < 1.29 is 9.13 Å². The predicted octanol–water partition coefficient (Wildman–Crippen LogP) is 4.86. The molecule has 10 nitrogen and oxygen atoms in total. The van der Waals surface area contributed by atoms with E-state index in [4.69, 9.17) is 14.7 Å². The van der Waals surface area contributed by atoms with Gasteiger partial charge in [-0.2, -0.15) is 0 Å². The second-order valence-electron chi connectivity index (χ2n) is 16.5. The number of aryl methyl sites for hydroxylation is 1. The van der Waals surface area contributed by atoms with Crippen LogP contribution in [0.25, 0.3) is 10.9 Å². The van der Waals surface area contributed by atoms with E-state index in [2.05, 4.69) is 67.0 Å². The second-order valence-corrected chi connectivity index (χ2v) is 16.5. The van der Waals surface area contributed by atoms with Crippen molar-refractivity contribution in [2.75, 3.05) is 53.4 Å². The Morgan fingerprint density at radius 3 is 2.47 bits per heavy atom. The molecule has 0 spiro atoms. The van der Waals surface area contributed by atoms with Crippen molar-refractivity contribution in [2.24, 2.45) is 28.2 Å². The molecule has 5 fully saturated rings. The molecule has 3 aliphatic carbocycles. The van der Waals surface area contributed by atoms with Crippen molar-refractivity contribution >= 4 is 22.5 Å². The van der Waals surface area contributed by atoms with Gasteiger partial charge in [0, 0.05) is 70.0 Å². The highest BCUT2D eigenvalue weighted by atomic mass is 19.1. The van der Waals surface area contributed by atoms with Crippen LogP contribution in [0.3, 0.4) is 0 Å². The highest BCUT2D eigenvalue weighted by Gasteiger charge is 2.56. The first-order valence-electron chi connectivity index (χ1n) is 19.0. The Morgan fingerprint density at radius 2 is 1.80 bits per heavy atom. The highest BCUT2D eigenvalue weighted by Crippen LogP contribution is 2.61. The van der Waals surface area contributed by atoms with Crippen molar-refractivity contribution in [3.05, 3.63) is 64.0 Å². The lowest BCUT2D eigenvalue weighted by Crippen LogP contribution is -2.64. The molecule has 3 heterocycles. The Hall–Kier alpha value is -3.54. The molecular formula is C40H57FN8O2. The maximum absolute atomic E-state index is 14.9. The number of fused-ring (bicyclic) bond motifs is 3. The van der Waals surface area contributed by atoms with Crippen molar-refractivity contribution in [1.29, 1.82) is 0 Å². The molecule has 11 heteroatoms. The smallest absolute Gasteiger partial charge is 0.261 e. The quantitative estimate of drug-likeness (QED) is 0.255. The van der Waals surface area contributed by atoms with Crippen LogP contribution in [0.5, 0.6) is 5.75 Å². The lowest BCUT2D eigenvalue weighted by molar-refractivity contribution is -0.112. The number of ether oxygens (including phenoxy) is 1. The molecule has 51 heavy (non-hydrogen) atoms. The lowest BCUT2D eigenvalue weighted by Gasteiger charge is -2.62. The average molecular weight is 701 g/mol. The summed E-state index contributed by atoms with van der Waals surface area (Å²) >= 11 is 0. The number of guanidine groups is 1. The predicted molar refractivity (Wildman–Crippen MR) is 202 cm³/mol. The number of piperazine rings is 2. The van der Waals surface area contributed by atoms with Gasteiger partial charge in [-0.15, -0.1) is 0 Å². The van der Waals surface area contributed by atoms with Gasteiger partial charge < -0.3 is 25.2 Å². The highest BCUT2D eigenvalue weighted by molar-refractivity contribution is 5.86. The van der Waals surface area contributed by atoms with Gasteiger partial charge in [-0.25, -0.2) is 14.4 Å². The molecule has 2 N–H and O–H groups in total. The van der Waals surface area contributed by atoms with Crippen LogP contribution in [0.1, 0.15) is 58.8 Å². The Balaban J connectivity index is 1.22. The summed E-state index contributed by atoms with van der Waals surface area (Å²) < 4.78 is 21.9. The van der Waals surface area contributed by atoms with Crippen LogP contribution in [-0.4, -0.2) is 102 Å². The number of likely N-dealkylation sites (N-methyl/N-ethyl adjacent to an activating group) is 1. The summed E-state index contributed by atoms with van der Waals surface area (Å²) in [5.41, 5.74) is 2.28. The van der Waals surface area contributed by atoms with E-state index in [1.54, 1.807) is 16.7 Å². The third kappa shape index (κ3) is 7.39. The first-order chi connectivity index (χ1) is 24.4. The molecule has 2 bridgehead atoms. The first kappa shape index (κ1) is 35.8. The zero-order chi connectivity index (χ0) is 36.0. The lowest BCUT2D eigenvalue weighted by atomic mass is 9.45. The van der Waals surface area contributed by atoms with Crippen LogP contribution < -0.4 is 20.9 Å². The van der Waals surface area contributed by atoms with Gasteiger partial charge >= 0.3 is 0 Å². The number of methoxy groups -OCH3 is 1. The van der Waals surface area contributed by atoms with Gasteiger partial charge in [0.15, 0.2) is 5.96 Å². The SMILES string of the molecule is COc1ccc(CCn2c(CN3CCN(C)CC3)nc3cc(N=C(N[C@H]4C[C@@H]5C[C@@H]([C@H]4C)C5(C)C)N4C[C@@H](C)N[C@@H](C)C4)ccc3c2=O)c(F)c1. The molecule has 3 aromatic rings. The topological polar surface area (TPSA) is 90.3 Å². The summed E-state index contributed by atoms with van der Waals surface area (Å²) in [4.78, 5) is 31.7.